The molecule has 0 aliphatic carbocycles. The fourth-order valence-corrected chi connectivity index (χ4v) is 2.58. The molecule has 0 aromatic carbocycles. The predicted molar refractivity (Wildman–Crippen MR) is 55.1 cm³/mol. The van der Waals surface area contributed by atoms with E-state index >= 15 is 0 Å². The van der Waals surface area contributed by atoms with Gasteiger partial charge in [0.2, 0.25) is 0 Å². The number of nitrogens with zero attached hydrogens (tertiary/aromatic N) is 1. The van der Waals surface area contributed by atoms with Crippen molar-refractivity contribution in [1.82, 2.24) is 4.90 Å². The van der Waals surface area contributed by atoms with Crippen LogP contribution in [-0.4, -0.2) is 30.7 Å². The first-order valence-corrected chi connectivity index (χ1v) is 4.90. The maximum Gasteiger partial charge on any atom is 0.0213 e. The molecule has 2 aliphatic rings. The standard InChI is InChI=1S/C11H16N2/c1-2-3-9(6-12)11-8-13-5-4-10(11)7-13/h2-3,6,10-12H,1,4-5,7-8H2/b9-3-,12-6?/t10?,11-/m0/s1. The van der Waals surface area contributed by atoms with Gasteiger partial charge in [-0.05, 0) is 24.5 Å². The lowest BCUT2D eigenvalue weighted by Gasteiger charge is -2.22. The van der Waals surface area contributed by atoms with Gasteiger partial charge in [0.25, 0.3) is 0 Å². The molecule has 1 N–H and O–H groups in total. The Labute approximate surface area is 79.4 Å². The van der Waals surface area contributed by atoms with Gasteiger partial charge in [0.05, 0.1) is 0 Å². The molecule has 70 valence electrons. The summed E-state index contributed by atoms with van der Waals surface area (Å²) >= 11 is 0. The highest BCUT2D eigenvalue weighted by atomic mass is 15.2. The van der Waals surface area contributed by atoms with E-state index in [1.807, 2.05) is 6.08 Å². The second-order valence-corrected chi connectivity index (χ2v) is 3.96. The van der Waals surface area contributed by atoms with Crippen LogP contribution in [0.25, 0.3) is 0 Å². The number of allylic oxidation sites excluding steroid dienone is 2. The van der Waals surface area contributed by atoms with Gasteiger partial charge in [0.1, 0.15) is 0 Å². The highest BCUT2D eigenvalue weighted by Crippen LogP contribution is 2.36. The minimum atomic E-state index is 0.601. The maximum absolute atomic E-state index is 7.35. The lowest BCUT2D eigenvalue weighted by molar-refractivity contribution is 0.331. The molecule has 2 bridgehead atoms. The Kier molecular flexibility index (Phi) is 2.32. The molecule has 0 saturated carbocycles. The van der Waals surface area contributed by atoms with Gasteiger partial charge in [-0.1, -0.05) is 18.7 Å². The van der Waals surface area contributed by atoms with Gasteiger partial charge in [-0.2, -0.15) is 0 Å². The van der Waals surface area contributed by atoms with Crippen LogP contribution in [0.3, 0.4) is 0 Å². The third-order valence-corrected chi connectivity index (χ3v) is 3.24. The Morgan fingerprint density at radius 1 is 1.46 bits per heavy atom. The third kappa shape index (κ3) is 1.46. The molecule has 2 heteroatoms. The van der Waals surface area contributed by atoms with Gasteiger partial charge < -0.3 is 10.3 Å². The van der Waals surface area contributed by atoms with E-state index in [-0.39, 0.29) is 0 Å². The van der Waals surface area contributed by atoms with Crippen LogP contribution in [0.2, 0.25) is 0 Å². The van der Waals surface area contributed by atoms with E-state index in [1.165, 1.54) is 25.7 Å². The van der Waals surface area contributed by atoms with Crippen LogP contribution < -0.4 is 0 Å². The van der Waals surface area contributed by atoms with E-state index in [0.29, 0.717) is 5.92 Å². The number of hydrogen-bond donors (Lipinski definition) is 1. The SMILES string of the molecule is C=C/C=C(/C=N)[C@@H]1CN2CCC1C2. The number of piperidine rings is 1. The molecule has 0 spiro atoms. The van der Waals surface area contributed by atoms with Crippen molar-refractivity contribution in [2.24, 2.45) is 11.8 Å². The Bertz CT molecular complexity index is 255. The van der Waals surface area contributed by atoms with Gasteiger partial charge in [0, 0.05) is 25.2 Å². The molecule has 0 aromatic rings. The second kappa shape index (κ2) is 3.46. The van der Waals surface area contributed by atoms with Crippen LogP contribution in [0.1, 0.15) is 6.42 Å². The topological polar surface area (TPSA) is 27.1 Å². The predicted octanol–water partition coefficient (Wildman–Crippen LogP) is 1.70. The summed E-state index contributed by atoms with van der Waals surface area (Å²) in [5.74, 6) is 1.40. The second-order valence-electron chi connectivity index (χ2n) is 3.96. The highest BCUT2D eigenvalue weighted by molar-refractivity contribution is 5.77. The van der Waals surface area contributed by atoms with Gasteiger partial charge in [-0.25, -0.2) is 0 Å². The minimum absolute atomic E-state index is 0.601. The minimum Gasteiger partial charge on any atom is -0.308 e. The van der Waals surface area contributed by atoms with Crippen LogP contribution in [0.4, 0.5) is 0 Å². The van der Waals surface area contributed by atoms with Gasteiger partial charge in [0.15, 0.2) is 0 Å². The highest BCUT2D eigenvalue weighted by Gasteiger charge is 2.38. The zero-order valence-corrected chi connectivity index (χ0v) is 7.87. The van der Waals surface area contributed by atoms with Gasteiger partial charge in [-0.3, -0.25) is 0 Å². The van der Waals surface area contributed by atoms with Gasteiger partial charge in [-0.15, -0.1) is 0 Å². The van der Waals surface area contributed by atoms with E-state index in [4.69, 9.17) is 5.41 Å². The fourth-order valence-electron chi connectivity index (χ4n) is 2.58. The average Bonchev–Trinajstić information content (AvgIpc) is 2.74. The van der Waals surface area contributed by atoms with Crippen molar-refractivity contribution in [2.45, 2.75) is 6.42 Å². The smallest absolute Gasteiger partial charge is 0.0213 e. The van der Waals surface area contributed by atoms with Crippen LogP contribution in [0.5, 0.6) is 0 Å². The molecule has 0 aromatic heterocycles. The molecule has 13 heavy (non-hydrogen) atoms. The molecular weight excluding hydrogens is 160 g/mol. The Hall–Kier alpha value is -0.890. The molecule has 0 radical (unpaired) electrons. The van der Waals surface area contributed by atoms with Crippen molar-refractivity contribution in [3.05, 3.63) is 24.3 Å². The number of nitrogens with one attached hydrogen (secondary N) is 1. The molecule has 2 fully saturated rings. The lowest BCUT2D eigenvalue weighted by atomic mass is 9.86. The molecule has 2 rings (SSSR count). The summed E-state index contributed by atoms with van der Waals surface area (Å²) in [5, 5.41) is 7.35. The normalized spacial score (nSPS) is 37.8. The van der Waals surface area contributed by atoms with E-state index < -0.39 is 0 Å². The molecule has 0 amide bonds. The summed E-state index contributed by atoms with van der Waals surface area (Å²) < 4.78 is 0. The average molecular weight is 176 g/mol. The van der Waals surface area contributed by atoms with Crippen molar-refractivity contribution >= 4 is 6.21 Å². The number of hydrogen-bond acceptors (Lipinski definition) is 2. The van der Waals surface area contributed by atoms with E-state index in [1.54, 1.807) is 6.08 Å². The Morgan fingerprint density at radius 2 is 2.31 bits per heavy atom. The summed E-state index contributed by atoms with van der Waals surface area (Å²) in [6.07, 6.45) is 6.59. The van der Waals surface area contributed by atoms with Crippen molar-refractivity contribution in [3.63, 3.8) is 0 Å². The lowest BCUT2D eigenvalue weighted by Crippen LogP contribution is -2.25. The number of rotatable bonds is 3. The first-order valence-electron chi connectivity index (χ1n) is 4.90. The zero-order valence-electron chi connectivity index (χ0n) is 7.87. The summed E-state index contributed by atoms with van der Waals surface area (Å²) in [4.78, 5) is 2.50. The molecule has 2 heterocycles. The summed E-state index contributed by atoms with van der Waals surface area (Å²) in [5.41, 5.74) is 1.15. The van der Waals surface area contributed by atoms with E-state index in [9.17, 15) is 0 Å². The van der Waals surface area contributed by atoms with Crippen molar-refractivity contribution in [3.8, 4) is 0 Å². The molecule has 2 aliphatic heterocycles. The van der Waals surface area contributed by atoms with Crippen molar-refractivity contribution in [2.75, 3.05) is 19.6 Å². The fraction of sp³-hybridized carbons (Fsp3) is 0.545. The maximum atomic E-state index is 7.35. The van der Waals surface area contributed by atoms with Crippen LogP contribution in [0.15, 0.2) is 24.3 Å². The molecule has 3 atom stereocenters. The Morgan fingerprint density at radius 3 is 2.77 bits per heavy atom. The largest absolute Gasteiger partial charge is 0.308 e. The van der Waals surface area contributed by atoms with Gasteiger partial charge >= 0.3 is 0 Å². The quantitative estimate of drug-likeness (QED) is 0.514. The molecular formula is C11H16N2. The monoisotopic (exact) mass is 176 g/mol. The third-order valence-electron chi connectivity index (χ3n) is 3.24. The molecule has 2 nitrogen and oxygen atoms in total. The van der Waals surface area contributed by atoms with E-state index in [2.05, 4.69) is 11.5 Å². The first kappa shape index (κ1) is 8.70. The van der Waals surface area contributed by atoms with Crippen LogP contribution in [0, 0.1) is 17.2 Å². The Balaban J connectivity index is 2.12. The summed E-state index contributed by atoms with van der Waals surface area (Å²) in [7, 11) is 0. The molecule has 2 unspecified atom stereocenters. The van der Waals surface area contributed by atoms with Crippen molar-refractivity contribution < 1.29 is 0 Å². The first-order chi connectivity index (χ1) is 6.35. The summed E-state index contributed by atoms with van der Waals surface area (Å²) in [6.45, 7) is 7.35. The zero-order chi connectivity index (χ0) is 9.26. The van der Waals surface area contributed by atoms with Crippen LogP contribution >= 0.6 is 0 Å². The number of fused-ring (bicyclic) bond motifs is 2. The van der Waals surface area contributed by atoms with Crippen LogP contribution in [-0.2, 0) is 0 Å². The van der Waals surface area contributed by atoms with E-state index in [0.717, 1.165) is 18.0 Å². The van der Waals surface area contributed by atoms with Crippen molar-refractivity contribution in [1.29, 1.82) is 5.41 Å². The summed E-state index contributed by atoms with van der Waals surface area (Å²) in [6, 6.07) is 0. The molecule has 2 saturated heterocycles.